The van der Waals surface area contributed by atoms with Gasteiger partial charge in [-0.25, -0.2) is 18.6 Å². The van der Waals surface area contributed by atoms with Crippen LogP contribution < -0.4 is 23.2 Å². The van der Waals surface area contributed by atoms with Crippen LogP contribution in [0.25, 0.3) is 6.08 Å². The number of allylic oxidation sites excluding steroid dienone is 4. The third kappa shape index (κ3) is 9.31. The standard InChI is InChI=1S/C29H47N2.ClHO4/c1-26(2,3)20-15-22(30(13)24(17-20)28(7,8)9)19-23-16-21(27(4,5)6)18-25(31(23)14)29(10,11)12;2-1(3,4)5/h15-19H,1-14H3;(H,2,3,4,5)/q+1;/p-1. The number of halogens is 1. The van der Waals surface area contributed by atoms with Crippen molar-refractivity contribution in [1.29, 1.82) is 0 Å². The Morgan fingerprint density at radius 3 is 1.56 bits per heavy atom. The maximum absolute atomic E-state index is 8.49. The smallest absolute Gasteiger partial charge is 0.207 e. The molecule has 2 heterocycles. The third-order valence-corrected chi connectivity index (χ3v) is 6.25. The molecule has 0 fully saturated rings. The first-order valence-corrected chi connectivity index (χ1v) is 13.5. The Balaban J connectivity index is 0.00000118. The summed E-state index contributed by atoms with van der Waals surface area (Å²) in [7, 11) is -0.533. The molecule has 1 aliphatic rings. The van der Waals surface area contributed by atoms with Crippen LogP contribution in [0.5, 0.6) is 0 Å². The molecule has 0 N–H and O–H groups in total. The summed E-state index contributed by atoms with van der Waals surface area (Å²) in [5.74, 6) is 0. The van der Waals surface area contributed by atoms with E-state index in [9.17, 15) is 0 Å². The van der Waals surface area contributed by atoms with E-state index >= 15 is 0 Å². The molecule has 1 aromatic rings. The van der Waals surface area contributed by atoms with Crippen LogP contribution in [0.3, 0.4) is 0 Å². The summed E-state index contributed by atoms with van der Waals surface area (Å²) in [5.41, 5.74) is 8.33. The summed E-state index contributed by atoms with van der Waals surface area (Å²) in [5, 5.41) is 0. The second kappa shape index (κ2) is 10.6. The summed E-state index contributed by atoms with van der Waals surface area (Å²) in [6.07, 6.45) is 7.13. The van der Waals surface area contributed by atoms with E-state index in [1.807, 2.05) is 0 Å². The monoisotopic (exact) mass is 522 g/mol. The molecule has 36 heavy (non-hydrogen) atoms. The molecule has 6 nitrogen and oxygen atoms in total. The van der Waals surface area contributed by atoms with E-state index in [2.05, 4.69) is 137 Å². The lowest BCUT2D eigenvalue weighted by Crippen LogP contribution is -2.68. The van der Waals surface area contributed by atoms with Gasteiger partial charge in [0.15, 0.2) is 5.69 Å². The van der Waals surface area contributed by atoms with E-state index in [-0.39, 0.29) is 21.7 Å². The largest absolute Gasteiger partial charge is 0.347 e. The molecule has 0 spiro atoms. The van der Waals surface area contributed by atoms with Crippen molar-refractivity contribution in [2.75, 3.05) is 7.05 Å². The molecule has 0 aliphatic carbocycles. The highest BCUT2D eigenvalue weighted by Crippen LogP contribution is 2.40. The molecule has 0 saturated heterocycles. The van der Waals surface area contributed by atoms with Crippen molar-refractivity contribution < 1.29 is 33.4 Å². The molecule has 0 saturated carbocycles. The van der Waals surface area contributed by atoms with Crippen LogP contribution in [-0.2, 0) is 17.9 Å². The Kier molecular flexibility index (Phi) is 9.50. The summed E-state index contributed by atoms with van der Waals surface area (Å²) >= 11 is 0. The van der Waals surface area contributed by atoms with E-state index in [4.69, 9.17) is 18.6 Å². The molecule has 0 unspecified atom stereocenters. The first kappa shape index (κ1) is 32.3. The molecule has 0 amide bonds. The van der Waals surface area contributed by atoms with Crippen molar-refractivity contribution in [2.45, 2.75) is 93.9 Å². The predicted molar refractivity (Wildman–Crippen MR) is 136 cm³/mol. The minimum Gasteiger partial charge on any atom is -0.347 e. The molecule has 1 aliphatic heterocycles. The van der Waals surface area contributed by atoms with E-state index in [1.165, 1.54) is 33.9 Å². The fourth-order valence-corrected chi connectivity index (χ4v) is 4.10. The second-order valence-corrected chi connectivity index (χ2v) is 14.5. The molecule has 0 aromatic carbocycles. The van der Waals surface area contributed by atoms with Gasteiger partial charge in [0.25, 0.3) is 0 Å². The van der Waals surface area contributed by atoms with Crippen LogP contribution in [0.2, 0.25) is 0 Å². The molecule has 0 bridgehead atoms. The van der Waals surface area contributed by atoms with Gasteiger partial charge < -0.3 is 4.90 Å². The minimum atomic E-state index is -4.94. The van der Waals surface area contributed by atoms with E-state index < -0.39 is 10.2 Å². The second-order valence-electron chi connectivity index (χ2n) is 13.7. The maximum Gasteiger partial charge on any atom is 0.207 e. The lowest BCUT2D eigenvalue weighted by molar-refractivity contribution is -2.00. The van der Waals surface area contributed by atoms with Gasteiger partial charge in [-0.15, -0.1) is 10.2 Å². The highest BCUT2D eigenvalue weighted by Gasteiger charge is 2.32. The van der Waals surface area contributed by atoms with Gasteiger partial charge >= 0.3 is 0 Å². The number of hydrogen-bond donors (Lipinski definition) is 0. The number of hydrogen-bond acceptors (Lipinski definition) is 5. The Morgan fingerprint density at radius 2 is 1.19 bits per heavy atom. The average molecular weight is 523 g/mol. The zero-order valence-electron chi connectivity index (χ0n) is 24.8. The van der Waals surface area contributed by atoms with Crippen molar-refractivity contribution in [3.8, 4) is 0 Å². The lowest BCUT2D eigenvalue weighted by Gasteiger charge is -2.38. The molecule has 1 aromatic heterocycles. The van der Waals surface area contributed by atoms with Crippen LogP contribution in [0, 0.1) is 21.1 Å². The Labute approximate surface area is 221 Å². The molecule has 7 heteroatoms. The fourth-order valence-electron chi connectivity index (χ4n) is 4.10. The molecule has 0 radical (unpaired) electrons. The first-order chi connectivity index (χ1) is 15.7. The zero-order chi connectivity index (χ0) is 28.7. The number of nitrogens with zero attached hydrogens (tertiary/aromatic N) is 2. The number of pyridine rings is 1. The van der Waals surface area contributed by atoms with Gasteiger partial charge in [0.1, 0.15) is 7.05 Å². The maximum atomic E-state index is 8.49. The highest BCUT2D eigenvalue weighted by molar-refractivity contribution is 5.56. The molecule has 2 rings (SSSR count). The molecular weight excluding hydrogens is 476 g/mol. The number of aromatic nitrogens is 1. The van der Waals surface area contributed by atoms with Crippen LogP contribution in [-0.4, -0.2) is 11.9 Å². The zero-order valence-corrected chi connectivity index (χ0v) is 25.5. The lowest BCUT2D eigenvalue weighted by atomic mass is 9.79. The highest BCUT2D eigenvalue weighted by atomic mass is 35.7. The van der Waals surface area contributed by atoms with Crippen molar-refractivity contribution in [3.63, 3.8) is 0 Å². The van der Waals surface area contributed by atoms with Crippen molar-refractivity contribution in [2.24, 2.45) is 17.9 Å². The Hall–Kier alpha value is -1.70. The quantitative estimate of drug-likeness (QED) is 0.528. The average Bonchev–Trinajstić information content (AvgIpc) is 2.59. The van der Waals surface area contributed by atoms with E-state index in [0.717, 1.165) is 0 Å². The van der Waals surface area contributed by atoms with Gasteiger partial charge in [-0.1, -0.05) is 83.1 Å². The predicted octanol–water partition coefficient (Wildman–Crippen LogP) is 2.54. The molecule has 0 atom stereocenters. The van der Waals surface area contributed by atoms with E-state index in [0.29, 0.717) is 0 Å². The minimum absolute atomic E-state index is 0.0740. The fraction of sp³-hybridized carbons (Fsp3) is 0.621. The van der Waals surface area contributed by atoms with Crippen molar-refractivity contribution in [3.05, 3.63) is 58.2 Å². The SMILES string of the molecule is CN1C(C(C)(C)C)=CC(C(C)(C)C)=C/C1=C\c1cc(C(C)(C)C)cc(C(C)(C)C)[n+]1C.[O-][Cl+3]([O-])([O-])[O-]. The van der Waals surface area contributed by atoms with Crippen LogP contribution in [0.15, 0.2) is 41.3 Å². The van der Waals surface area contributed by atoms with Gasteiger partial charge in [0.2, 0.25) is 5.69 Å². The Morgan fingerprint density at radius 1 is 0.722 bits per heavy atom. The van der Waals surface area contributed by atoms with Crippen LogP contribution in [0.4, 0.5) is 0 Å². The topological polar surface area (TPSA) is 99.4 Å². The molecular formula is C29H47ClN2O4. The Bertz CT molecular complexity index is 1030. The van der Waals surface area contributed by atoms with E-state index in [1.54, 1.807) is 0 Å². The summed E-state index contributed by atoms with van der Waals surface area (Å²) in [4.78, 5) is 2.37. The van der Waals surface area contributed by atoms with Gasteiger partial charge in [-0.2, -0.15) is 4.57 Å². The van der Waals surface area contributed by atoms with Crippen molar-refractivity contribution in [1.82, 2.24) is 4.90 Å². The van der Waals surface area contributed by atoms with Gasteiger partial charge in [0.05, 0.1) is 0 Å². The summed E-state index contributed by atoms with van der Waals surface area (Å²) in [6, 6.07) is 4.76. The van der Waals surface area contributed by atoms with Gasteiger partial charge in [0, 0.05) is 47.5 Å². The van der Waals surface area contributed by atoms with Crippen LogP contribution >= 0.6 is 0 Å². The first-order valence-electron chi connectivity index (χ1n) is 12.3. The molecule has 204 valence electrons. The van der Waals surface area contributed by atoms with Gasteiger partial charge in [-0.3, -0.25) is 0 Å². The normalized spacial score (nSPS) is 16.9. The number of rotatable bonds is 1. The third-order valence-electron chi connectivity index (χ3n) is 6.25. The summed E-state index contributed by atoms with van der Waals surface area (Å²) < 4.78 is 36.3. The number of likely N-dealkylation sites (N-methyl/N-ethyl adjacent to an activating group) is 1. The van der Waals surface area contributed by atoms with Crippen molar-refractivity contribution >= 4 is 6.08 Å². The van der Waals surface area contributed by atoms with Gasteiger partial charge in [-0.05, 0) is 34.1 Å². The summed E-state index contributed by atoms with van der Waals surface area (Å²) in [6.45, 7) is 27.6. The van der Waals surface area contributed by atoms with Crippen LogP contribution in [0.1, 0.15) is 100 Å².